The van der Waals surface area contributed by atoms with Gasteiger partial charge in [-0.15, -0.1) is 10.2 Å². The Labute approximate surface area is 188 Å². The van der Waals surface area contributed by atoms with E-state index in [-0.39, 0.29) is 23.7 Å². The van der Waals surface area contributed by atoms with Crippen molar-refractivity contribution in [1.82, 2.24) is 34.3 Å². The molecule has 172 valence electrons. The van der Waals surface area contributed by atoms with E-state index in [9.17, 15) is 9.59 Å². The molecule has 10 nitrogen and oxygen atoms in total. The molecule has 0 radical (unpaired) electrons. The van der Waals surface area contributed by atoms with Crippen molar-refractivity contribution in [2.45, 2.75) is 26.2 Å². The van der Waals surface area contributed by atoms with E-state index in [0.717, 1.165) is 70.0 Å². The van der Waals surface area contributed by atoms with Crippen molar-refractivity contribution in [3.63, 3.8) is 0 Å². The highest BCUT2D eigenvalue weighted by atomic mass is 16.2. The van der Waals surface area contributed by atoms with Crippen LogP contribution in [0.2, 0.25) is 0 Å². The quantitative estimate of drug-likeness (QED) is 0.678. The summed E-state index contributed by atoms with van der Waals surface area (Å²) < 4.78 is 1.86. The van der Waals surface area contributed by atoms with Crippen LogP contribution in [0.5, 0.6) is 0 Å². The Morgan fingerprint density at radius 2 is 1.81 bits per heavy atom. The minimum Gasteiger partial charge on any atom is -0.352 e. The lowest BCUT2D eigenvalue weighted by Gasteiger charge is -2.26. The van der Waals surface area contributed by atoms with Crippen molar-refractivity contribution < 1.29 is 9.59 Å². The second kappa shape index (κ2) is 9.01. The molecule has 2 aromatic heterocycles. The summed E-state index contributed by atoms with van der Waals surface area (Å²) in [6.45, 7) is 8.91. The van der Waals surface area contributed by atoms with E-state index in [0.29, 0.717) is 19.6 Å². The van der Waals surface area contributed by atoms with Gasteiger partial charge in [0.15, 0.2) is 5.82 Å². The van der Waals surface area contributed by atoms with Gasteiger partial charge in [-0.3, -0.25) is 18.9 Å². The maximum atomic E-state index is 13.4. The van der Waals surface area contributed by atoms with Gasteiger partial charge < -0.3 is 14.7 Å². The SMILES string of the molecule is CC1CN(c2nccn3cnnc23)CC1C(=O)N1CCCN(CC(=O)N2CCCC2)CC1. The topological polar surface area (TPSA) is 90.2 Å². The largest absolute Gasteiger partial charge is 0.352 e. The summed E-state index contributed by atoms with van der Waals surface area (Å²) >= 11 is 0. The Morgan fingerprint density at radius 1 is 1.00 bits per heavy atom. The molecular formula is C22H32N8O2. The van der Waals surface area contributed by atoms with Crippen molar-refractivity contribution in [2.24, 2.45) is 11.8 Å². The molecule has 0 saturated carbocycles. The Morgan fingerprint density at radius 3 is 2.66 bits per heavy atom. The van der Waals surface area contributed by atoms with Crippen LogP contribution in [-0.2, 0) is 9.59 Å². The molecule has 2 unspecified atom stereocenters. The van der Waals surface area contributed by atoms with Gasteiger partial charge in [-0.25, -0.2) is 4.98 Å². The van der Waals surface area contributed by atoms with Crippen LogP contribution in [0.4, 0.5) is 5.82 Å². The first kappa shape index (κ1) is 21.1. The molecule has 0 spiro atoms. The molecule has 2 atom stereocenters. The minimum absolute atomic E-state index is 0.0576. The van der Waals surface area contributed by atoms with Crippen molar-refractivity contribution >= 4 is 23.3 Å². The Kier molecular flexibility index (Phi) is 5.95. The summed E-state index contributed by atoms with van der Waals surface area (Å²) in [5, 5.41) is 8.18. The first-order valence-corrected chi connectivity index (χ1v) is 11.8. The van der Waals surface area contributed by atoms with E-state index in [1.165, 1.54) is 0 Å². The number of fused-ring (bicyclic) bond motifs is 1. The number of amides is 2. The second-order valence-electron chi connectivity index (χ2n) is 9.34. The van der Waals surface area contributed by atoms with E-state index in [4.69, 9.17) is 0 Å². The van der Waals surface area contributed by atoms with Crippen LogP contribution < -0.4 is 4.90 Å². The van der Waals surface area contributed by atoms with Gasteiger partial charge in [0.25, 0.3) is 0 Å². The number of carbonyl (C=O) groups is 2. The molecule has 0 bridgehead atoms. The molecule has 2 amide bonds. The lowest BCUT2D eigenvalue weighted by Crippen LogP contribution is -2.43. The molecule has 3 fully saturated rings. The lowest BCUT2D eigenvalue weighted by atomic mass is 9.96. The third-order valence-electron chi connectivity index (χ3n) is 7.14. The average molecular weight is 441 g/mol. The van der Waals surface area contributed by atoms with E-state index in [1.54, 1.807) is 12.5 Å². The van der Waals surface area contributed by atoms with E-state index in [2.05, 4.69) is 31.9 Å². The predicted octanol–water partition coefficient (Wildman–Crippen LogP) is 0.353. The molecule has 0 aromatic carbocycles. The smallest absolute Gasteiger partial charge is 0.236 e. The molecule has 5 rings (SSSR count). The maximum Gasteiger partial charge on any atom is 0.236 e. The third kappa shape index (κ3) is 4.15. The number of nitrogens with zero attached hydrogens (tertiary/aromatic N) is 8. The lowest BCUT2D eigenvalue weighted by molar-refractivity contribution is -0.135. The molecule has 32 heavy (non-hydrogen) atoms. The van der Waals surface area contributed by atoms with Crippen LogP contribution in [-0.4, -0.2) is 105 Å². The Balaban J connectivity index is 1.20. The van der Waals surface area contributed by atoms with E-state index in [1.807, 2.05) is 20.4 Å². The van der Waals surface area contributed by atoms with Crippen molar-refractivity contribution in [1.29, 1.82) is 0 Å². The first-order chi connectivity index (χ1) is 15.6. The molecule has 3 aliphatic heterocycles. The van der Waals surface area contributed by atoms with Crippen LogP contribution in [0.25, 0.3) is 5.65 Å². The fraction of sp³-hybridized carbons (Fsp3) is 0.682. The second-order valence-corrected chi connectivity index (χ2v) is 9.34. The van der Waals surface area contributed by atoms with Crippen molar-refractivity contribution in [3.05, 3.63) is 18.7 Å². The van der Waals surface area contributed by atoms with Crippen LogP contribution in [0.1, 0.15) is 26.2 Å². The number of carbonyl (C=O) groups excluding carboxylic acids is 2. The van der Waals surface area contributed by atoms with Crippen LogP contribution >= 0.6 is 0 Å². The Hall–Kier alpha value is -2.75. The Bertz CT molecular complexity index is 972. The molecule has 10 heteroatoms. The fourth-order valence-electron chi connectivity index (χ4n) is 5.27. The molecule has 2 aromatic rings. The zero-order valence-corrected chi connectivity index (χ0v) is 18.8. The zero-order chi connectivity index (χ0) is 22.1. The summed E-state index contributed by atoms with van der Waals surface area (Å²) in [6.07, 6.45) is 8.39. The molecule has 0 aliphatic carbocycles. The van der Waals surface area contributed by atoms with Gasteiger partial charge in [-0.2, -0.15) is 0 Å². The molecule has 3 aliphatic rings. The van der Waals surface area contributed by atoms with Crippen LogP contribution in [0, 0.1) is 11.8 Å². The maximum absolute atomic E-state index is 13.4. The number of anilines is 1. The summed E-state index contributed by atoms with van der Waals surface area (Å²) in [5.74, 6) is 1.43. The number of aromatic nitrogens is 4. The highest BCUT2D eigenvalue weighted by Crippen LogP contribution is 2.30. The van der Waals surface area contributed by atoms with Gasteiger partial charge in [0, 0.05) is 64.8 Å². The van der Waals surface area contributed by atoms with Crippen LogP contribution in [0.15, 0.2) is 18.7 Å². The van der Waals surface area contributed by atoms with Gasteiger partial charge in [-0.1, -0.05) is 6.92 Å². The number of hydrogen-bond donors (Lipinski definition) is 0. The highest BCUT2D eigenvalue weighted by Gasteiger charge is 2.38. The molecule has 3 saturated heterocycles. The summed E-state index contributed by atoms with van der Waals surface area (Å²) in [7, 11) is 0. The highest BCUT2D eigenvalue weighted by molar-refractivity contribution is 5.81. The monoisotopic (exact) mass is 440 g/mol. The fourth-order valence-corrected chi connectivity index (χ4v) is 5.27. The van der Waals surface area contributed by atoms with Gasteiger partial charge in [0.2, 0.25) is 17.5 Å². The van der Waals surface area contributed by atoms with E-state index >= 15 is 0 Å². The number of rotatable bonds is 4. The molecule has 5 heterocycles. The number of likely N-dealkylation sites (tertiary alicyclic amines) is 1. The minimum atomic E-state index is -0.0576. The number of hydrogen-bond acceptors (Lipinski definition) is 7. The molecule has 0 N–H and O–H groups in total. The van der Waals surface area contributed by atoms with Gasteiger partial charge in [0.05, 0.1) is 12.5 Å². The van der Waals surface area contributed by atoms with Gasteiger partial charge in [0.1, 0.15) is 6.33 Å². The van der Waals surface area contributed by atoms with Crippen molar-refractivity contribution in [3.8, 4) is 0 Å². The zero-order valence-electron chi connectivity index (χ0n) is 18.8. The average Bonchev–Trinajstić information content (AvgIpc) is 3.53. The van der Waals surface area contributed by atoms with Crippen LogP contribution in [0.3, 0.4) is 0 Å². The van der Waals surface area contributed by atoms with E-state index < -0.39 is 0 Å². The van der Waals surface area contributed by atoms with Gasteiger partial charge >= 0.3 is 0 Å². The summed E-state index contributed by atoms with van der Waals surface area (Å²) in [4.78, 5) is 38.9. The van der Waals surface area contributed by atoms with Gasteiger partial charge in [-0.05, 0) is 25.2 Å². The summed E-state index contributed by atoms with van der Waals surface area (Å²) in [6, 6.07) is 0. The standard InChI is InChI=1S/C22H32N8O2/c1-17-13-30(20-21-25-24-16-29(21)10-5-23-20)14-18(17)22(32)28-9-4-6-26(11-12-28)15-19(31)27-7-2-3-8-27/h5,10,16-18H,2-4,6-9,11-15H2,1H3. The molecular weight excluding hydrogens is 408 g/mol. The first-order valence-electron chi connectivity index (χ1n) is 11.8. The predicted molar refractivity (Wildman–Crippen MR) is 119 cm³/mol. The normalized spacial score (nSPS) is 25.0. The third-order valence-corrected chi connectivity index (χ3v) is 7.14. The van der Waals surface area contributed by atoms with Crippen molar-refractivity contribution in [2.75, 3.05) is 63.8 Å². The summed E-state index contributed by atoms with van der Waals surface area (Å²) in [5.41, 5.74) is 0.723.